The lowest BCUT2D eigenvalue weighted by Crippen LogP contribution is -2.32. The van der Waals surface area contributed by atoms with E-state index in [9.17, 15) is 0 Å². The molecule has 3 nitrogen and oxygen atoms in total. The van der Waals surface area contributed by atoms with Gasteiger partial charge in [0.2, 0.25) is 0 Å². The van der Waals surface area contributed by atoms with Crippen molar-refractivity contribution in [1.82, 2.24) is 9.97 Å². The fourth-order valence-corrected chi connectivity index (χ4v) is 7.09. The van der Waals surface area contributed by atoms with Crippen LogP contribution in [0.4, 0.5) is 0 Å². The third-order valence-electron chi connectivity index (χ3n) is 8.97. The number of ether oxygens (including phenoxy) is 1. The molecule has 0 bridgehead atoms. The second kappa shape index (κ2) is 9.62. The Morgan fingerprint density at radius 2 is 0.886 bits per heavy atom. The van der Waals surface area contributed by atoms with E-state index in [0.29, 0.717) is 5.82 Å². The predicted octanol–water partition coefficient (Wildman–Crippen LogP) is 9.95. The van der Waals surface area contributed by atoms with Gasteiger partial charge in [0.05, 0.1) is 16.8 Å². The van der Waals surface area contributed by atoms with Crippen LogP contribution in [-0.2, 0) is 5.41 Å². The van der Waals surface area contributed by atoms with Crippen LogP contribution in [0.5, 0.6) is 11.5 Å². The number of benzene rings is 6. The minimum atomic E-state index is -0.488. The summed E-state index contributed by atoms with van der Waals surface area (Å²) in [6, 6.07) is 55.2. The zero-order valence-corrected chi connectivity index (χ0v) is 23.8. The average Bonchev–Trinajstić information content (AvgIpc) is 3.39. The van der Waals surface area contributed by atoms with E-state index < -0.39 is 5.41 Å². The number of para-hydroxylation sites is 1. The first-order valence-electron chi connectivity index (χ1n) is 14.9. The van der Waals surface area contributed by atoms with Gasteiger partial charge in [0.15, 0.2) is 5.82 Å². The summed E-state index contributed by atoms with van der Waals surface area (Å²) < 4.78 is 6.73. The van der Waals surface area contributed by atoms with Crippen LogP contribution in [0.3, 0.4) is 0 Å². The van der Waals surface area contributed by atoms with Gasteiger partial charge < -0.3 is 4.74 Å². The quantitative estimate of drug-likeness (QED) is 0.215. The van der Waals surface area contributed by atoms with Crippen LogP contribution in [0.2, 0.25) is 0 Å². The number of aromatic nitrogens is 2. The molecule has 0 saturated heterocycles. The first-order chi connectivity index (χ1) is 21.8. The maximum Gasteiger partial charge on any atom is 0.160 e. The number of rotatable bonds is 3. The highest BCUT2D eigenvalue weighted by Gasteiger charge is 2.50. The van der Waals surface area contributed by atoms with E-state index >= 15 is 0 Å². The maximum atomic E-state index is 6.73. The Morgan fingerprint density at radius 3 is 1.50 bits per heavy atom. The standard InChI is InChI=1S/C41H26N2O/c1-3-13-27(14-4-1)36-26-37(28-15-5-2-6-16-28)43-40(42-36)29-23-24-35-39(25-29)44-38-22-12-11-21-34(38)41(35)32-19-9-7-17-30(32)31-18-8-10-20-33(31)41/h1-26H. The number of nitrogens with zero attached hydrogens (tertiary/aromatic N) is 2. The summed E-state index contributed by atoms with van der Waals surface area (Å²) in [5.41, 5.74) is 11.7. The Labute approximate surface area is 256 Å². The van der Waals surface area contributed by atoms with Gasteiger partial charge in [0.1, 0.15) is 11.5 Å². The number of hydrogen-bond acceptors (Lipinski definition) is 3. The molecular weight excluding hydrogens is 536 g/mol. The van der Waals surface area contributed by atoms with Gasteiger partial charge in [-0.2, -0.15) is 0 Å². The van der Waals surface area contributed by atoms with Crippen molar-refractivity contribution in [2.75, 3.05) is 0 Å². The van der Waals surface area contributed by atoms with Gasteiger partial charge in [-0.3, -0.25) is 0 Å². The smallest absolute Gasteiger partial charge is 0.160 e. The van der Waals surface area contributed by atoms with Crippen LogP contribution in [0.1, 0.15) is 22.3 Å². The molecule has 0 N–H and O–H groups in total. The lowest BCUT2D eigenvalue weighted by atomic mass is 9.66. The Kier molecular flexibility index (Phi) is 5.41. The summed E-state index contributed by atoms with van der Waals surface area (Å²) in [7, 11) is 0. The maximum absolute atomic E-state index is 6.73. The SMILES string of the molecule is c1ccc(-c2cc(-c3ccccc3)nc(-c3ccc4c(c3)Oc3ccccc3C43c4ccccc4-c4ccccc43)n2)cc1. The molecule has 1 spiro atoms. The van der Waals surface area contributed by atoms with E-state index in [-0.39, 0.29) is 0 Å². The molecule has 44 heavy (non-hydrogen) atoms. The molecule has 6 aromatic carbocycles. The van der Waals surface area contributed by atoms with E-state index in [1.54, 1.807) is 0 Å². The van der Waals surface area contributed by atoms with Gasteiger partial charge in [-0.15, -0.1) is 0 Å². The third kappa shape index (κ3) is 3.56. The molecule has 0 atom stereocenters. The molecule has 1 aromatic heterocycles. The van der Waals surface area contributed by atoms with Crippen LogP contribution in [0, 0.1) is 0 Å². The summed E-state index contributed by atoms with van der Waals surface area (Å²) in [6.45, 7) is 0. The molecular formula is C41H26N2O. The molecule has 1 aliphatic heterocycles. The van der Waals surface area contributed by atoms with Crippen LogP contribution < -0.4 is 4.74 Å². The minimum Gasteiger partial charge on any atom is -0.457 e. The van der Waals surface area contributed by atoms with Crippen molar-refractivity contribution in [3.63, 3.8) is 0 Å². The fraction of sp³-hybridized carbons (Fsp3) is 0.0244. The Balaban J connectivity index is 1.28. The summed E-state index contributed by atoms with van der Waals surface area (Å²) in [4.78, 5) is 10.2. The highest BCUT2D eigenvalue weighted by atomic mass is 16.5. The molecule has 0 saturated carbocycles. The molecule has 0 unspecified atom stereocenters. The largest absolute Gasteiger partial charge is 0.457 e. The normalized spacial score (nSPS) is 13.4. The molecule has 2 heterocycles. The summed E-state index contributed by atoms with van der Waals surface area (Å²) >= 11 is 0. The second-order valence-electron chi connectivity index (χ2n) is 11.3. The molecule has 3 heteroatoms. The lowest BCUT2D eigenvalue weighted by Gasteiger charge is -2.39. The van der Waals surface area contributed by atoms with Crippen molar-refractivity contribution in [1.29, 1.82) is 0 Å². The molecule has 0 amide bonds. The molecule has 2 aliphatic rings. The average molecular weight is 563 g/mol. The molecule has 9 rings (SSSR count). The van der Waals surface area contributed by atoms with Gasteiger partial charge in [0, 0.05) is 27.8 Å². The Bertz CT molecular complexity index is 2100. The number of fused-ring (bicyclic) bond motifs is 9. The highest BCUT2D eigenvalue weighted by molar-refractivity contribution is 5.89. The van der Waals surface area contributed by atoms with E-state index in [1.165, 1.54) is 22.3 Å². The lowest BCUT2D eigenvalue weighted by molar-refractivity contribution is 0.436. The van der Waals surface area contributed by atoms with Crippen LogP contribution in [0.15, 0.2) is 158 Å². The van der Waals surface area contributed by atoms with Crippen molar-refractivity contribution in [3.8, 4) is 56.5 Å². The first kappa shape index (κ1) is 24.8. The van der Waals surface area contributed by atoms with Crippen molar-refractivity contribution in [2.24, 2.45) is 0 Å². The van der Waals surface area contributed by atoms with Crippen molar-refractivity contribution < 1.29 is 4.74 Å². The molecule has 0 fully saturated rings. The molecule has 0 radical (unpaired) electrons. The summed E-state index contributed by atoms with van der Waals surface area (Å²) in [5.74, 6) is 2.35. The van der Waals surface area contributed by atoms with Gasteiger partial charge in [0.25, 0.3) is 0 Å². The Morgan fingerprint density at radius 1 is 0.386 bits per heavy atom. The Hall–Kier alpha value is -5.80. The van der Waals surface area contributed by atoms with Crippen LogP contribution in [-0.4, -0.2) is 9.97 Å². The van der Waals surface area contributed by atoms with E-state index in [0.717, 1.165) is 50.7 Å². The van der Waals surface area contributed by atoms with Gasteiger partial charge in [-0.25, -0.2) is 9.97 Å². The zero-order chi connectivity index (χ0) is 29.1. The van der Waals surface area contributed by atoms with Crippen molar-refractivity contribution in [2.45, 2.75) is 5.41 Å². The molecule has 206 valence electrons. The summed E-state index contributed by atoms with van der Waals surface area (Å²) in [5, 5.41) is 0. The minimum absolute atomic E-state index is 0.488. The molecule has 1 aliphatic carbocycles. The highest BCUT2D eigenvalue weighted by Crippen LogP contribution is 2.62. The first-order valence-corrected chi connectivity index (χ1v) is 14.9. The van der Waals surface area contributed by atoms with Gasteiger partial charge >= 0.3 is 0 Å². The van der Waals surface area contributed by atoms with Crippen LogP contribution >= 0.6 is 0 Å². The van der Waals surface area contributed by atoms with Gasteiger partial charge in [-0.05, 0) is 40.5 Å². The zero-order valence-electron chi connectivity index (χ0n) is 23.8. The van der Waals surface area contributed by atoms with E-state index in [4.69, 9.17) is 14.7 Å². The predicted molar refractivity (Wildman–Crippen MR) is 176 cm³/mol. The van der Waals surface area contributed by atoms with Crippen molar-refractivity contribution >= 4 is 0 Å². The van der Waals surface area contributed by atoms with Crippen molar-refractivity contribution in [3.05, 3.63) is 180 Å². The molecule has 7 aromatic rings. The summed E-state index contributed by atoms with van der Waals surface area (Å²) in [6.07, 6.45) is 0. The second-order valence-corrected chi connectivity index (χ2v) is 11.3. The third-order valence-corrected chi connectivity index (χ3v) is 8.97. The monoisotopic (exact) mass is 562 g/mol. The van der Waals surface area contributed by atoms with Gasteiger partial charge in [-0.1, -0.05) is 140 Å². The van der Waals surface area contributed by atoms with E-state index in [2.05, 4.69) is 115 Å². The van der Waals surface area contributed by atoms with Crippen LogP contribution in [0.25, 0.3) is 45.0 Å². The fourth-order valence-electron chi connectivity index (χ4n) is 7.09. The number of hydrogen-bond donors (Lipinski definition) is 0. The van der Waals surface area contributed by atoms with E-state index in [1.807, 2.05) is 42.5 Å². The topological polar surface area (TPSA) is 35.0 Å².